The number of morpholine rings is 1. The van der Waals surface area contributed by atoms with E-state index >= 15 is 0 Å². The molecule has 0 atom stereocenters. The SMILES string of the molecule is O=S(=O)(c1ccc(F)cc1)N(CCN1CCOCC1)Cc1ccccc1F. The molecule has 5 nitrogen and oxygen atoms in total. The highest BCUT2D eigenvalue weighted by molar-refractivity contribution is 7.89. The molecule has 146 valence electrons. The lowest BCUT2D eigenvalue weighted by molar-refractivity contribution is 0.0361. The number of benzene rings is 2. The fraction of sp³-hybridized carbons (Fsp3) is 0.368. The van der Waals surface area contributed by atoms with E-state index in [1.807, 2.05) is 0 Å². The topological polar surface area (TPSA) is 49.9 Å². The second-order valence-corrected chi connectivity index (χ2v) is 8.28. The Balaban J connectivity index is 1.83. The van der Waals surface area contributed by atoms with Crippen molar-refractivity contribution in [2.45, 2.75) is 11.4 Å². The lowest BCUT2D eigenvalue weighted by atomic mass is 10.2. The Morgan fingerprint density at radius 1 is 1.00 bits per heavy atom. The van der Waals surface area contributed by atoms with Gasteiger partial charge in [-0.15, -0.1) is 0 Å². The monoisotopic (exact) mass is 396 g/mol. The van der Waals surface area contributed by atoms with Gasteiger partial charge in [-0.05, 0) is 30.3 Å². The van der Waals surface area contributed by atoms with Crippen LogP contribution in [0.1, 0.15) is 5.56 Å². The molecule has 1 saturated heterocycles. The second-order valence-electron chi connectivity index (χ2n) is 6.34. The molecule has 0 bridgehead atoms. The van der Waals surface area contributed by atoms with Gasteiger partial charge in [0.05, 0.1) is 18.1 Å². The zero-order valence-corrected chi connectivity index (χ0v) is 15.7. The Hall–Kier alpha value is -1.87. The molecule has 0 spiro atoms. The van der Waals surface area contributed by atoms with Crippen molar-refractivity contribution in [3.63, 3.8) is 0 Å². The quantitative estimate of drug-likeness (QED) is 0.722. The van der Waals surface area contributed by atoms with Crippen LogP contribution in [0.5, 0.6) is 0 Å². The van der Waals surface area contributed by atoms with E-state index < -0.39 is 21.7 Å². The molecule has 1 heterocycles. The molecule has 8 heteroatoms. The van der Waals surface area contributed by atoms with E-state index in [1.54, 1.807) is 18.2 Å². The minimum Gasteiger partial charge on any atom is -0.379 e. The highest BCUT2D eigenvalue weighted by Crippen LogP contribution is 2.20. The summed E-state index contributed by atoms with van der Waals surface area (Å²) in [5.41, 5.74) is 0.296. The maximum absolute atomic E-state index is 14.1. The van der Waals surface area contributed by atoms with Crippen LogP contribution in [0.2, 0.25) is 0 Å². The molecular weight excluding hydrogens is 374 g/mol. The summed E-state index contributed by atoms with van der Waals surface area (Å²) >= 11 is 0. The Kier molecular flexibility index (Phi) is 6.54. The van der Waals surface area contributed by atoms with Gasteiger partial charge in [-0.3, -0.25) is 4.90 Å². The third kappa shape index (κ3) is 5.10. The third-order valence-electron chi connectivity index (χ3n) is 4.53. The van der Waals surface area contributed by atoms with Crippen molar-refractivity contribution in [3.05, 3.63) is 65.7 Å². The molecule has 0 aromatic heterocycles. The molecule has 27 heavy (non-hydrogen) atoms. The number of ether oxygens (including phenoxy) is 1. The Labute approximate surface area is 158 Å². The summed E-state index contributed by atoms with van der Waals surface area (Å²) in [5, 5.41) is 0. The average Bonchev–Trinajstić information content (AvgIpc) is 2.67. The number of hydrogen-bond acceptors (Lipinski definition) is 4. The van der Waals surface area contributed by atoms with E-state index in [-0.39, 0.29) is 18.0 Å². The number of halogens is 2. The summed E-state index contributed by atoms with van der Waals surface area (Å²) in [4.78, 5) is 2.10. The first kappa shape index (κ1) is 19.9. The standard InChI is InChI=1S/C19H22F2N2O3S/c20-17-5-7-18(8-6-17)27(24,25)23(10-9-22-11-13-26-14-12-22)15-16-3-1-2-4-19(16)21/h1-8H,9-15H2. The van der Waals surface area contributed by atoms with Crippen LogP contribution in [0.3, 0.4) is 0 Å². The molecule has 0 amide bonds. The van der Waals surface area contributed by atoms with Crippen molar-refractivity contribution in [1.82, 2.24) is 9.21 Å². The molecule has 0 aliphatic carbocycles. The molecule has 0 unspecified atom stereocenters. The summed E-state index contributed by atoms with van der Waals surface area (Å²) in [6.45, 7) is 3.30. The minimum atomic E-state index is -3.89. The number of hydrogen-bond donors (Lipinski definition) is 0. The third-order valence-corrected chi connectivity index (χ3v) is 6.38. The van der Waals surface area contributed by atoms with Crippen molar-refractivity contribution in [2.75, 3.05) is 39.4 Å². The maximum Gasteiger partial charge on any atom is 0.243 e. The number of rotatable bonds is 7. The summed E-state index contributed by atoms with van der Waals surface area (Å²) in [5.74, 6) is -0.967. The van der Waals surface area contributed by atoms with Gasteiger partial charge in [0.15, 0.2) is 0 Å². The highest BCUT2D eigenvalue weighted by Gasteiger charge is 2.26. The Morgan fingerprint density at radius 3 is 2.33 bits per heavy atom. The first-order valence-corrected chi connectivity index (χ1v) is 10.2. The van der Waals surface area contributed by atoms with E-state index in [9.17, 15) is 17.2 Å². The molecule has 0 radical (unpaired) electrons. The van der Waals surface area contributed by atoms with Crippen LogP contribution < -0.4 is 0 Å². The first-order chi connectivity index (χ1) is 13.0. The summed E-state index contributed by atoms with van der Waals surface area (Å²) in [6, 6.07) is 10.8. The maximum atomic E-state index is 14.1. The van der Waals surface area contributed by atoms with Crippen LogP contribution in [-0.4, -0.2) is 57.0 Å². The van der Waals surface area contributed by atoms with Crippen molar-refractivity contribution in [2.24, 2.45) is 0 Å². The van der Waals surface area contributed by atoms with Gasteiger partial charge in [0, 0.05) is 38.3 Å². The number of sulfonamides is 1. The van der Waals surface area contributed by atoms with Crippen LogP contribution in [0.4, 0.5) is 8.78 Å². The second kappa shape index (κ2) is 8.88. The van der Waals surface area contributed by atoms with Crippen molar-refractivity contribution in [1.29, 1.82) is 0 Å². The molecule has 3 rings (SSSR count). The average molecular weight is 396 g/mol. The van der Waals surface area contributed by atoms with Gasteiger partial charge in [0.2, 0.25) is 10.0 Å². The lowest BCUT2D eigenvalue weighted by Gasteiger charge is -2.29. The van der Waals surface area contributed by atoms with Crippen LogP contribution in [0.25, 0.3) is 0 Å². The lowest BCUT2D eigenvalue weighted by Crippen LogP contribution is -2.43. The normalized spacial score (nSPS) is 16.0. The van der Waals surface area contributed by atoms with E-state index in [0.29, 0.717) is 25.3 Å². The van der Waals surface area contributed by atoms with Gasteiger partial charge in [-0.25, -0.2) is 17.2 Å². The van der Waals surface area contributed by atoms with Gasteiger partial charge in [-0.2, -0.15) is 4.31 Å². The Morgan fingerprint density at radius 2 is 1.67 bits per heavy atom. The largest absolute Gasteiger partial charge is 0.379 e. The van der Waals surface area contributed by atoms with Crippen molar-refractivity contribution >= 4 is 10.0 Å². The van der Waals surface area contributed by atoms with E-state index in [2.05, 4.69) is 4.90 Å². The zero-order valence-electron chi connectivity index (χ0n) is 14.9. The fourth-order valence-corrected chi connectivity index (χ4v) is 4.34. The smallest absolute Gasteiger partial charge is 0.243 e. The predicted octanol–water partition coefficient (Wildman–Crippen LogP) is 2.49. The molecule has 1 aliphatic heterocycles. The molecular formula is C19H22F2N2O3S. The van der Waals surface area contributed by atoms with Crippen molar-refractivity contribution < 1.29 is 21.9 Å². The molecule has 2 aromatic rings. The van der Waals surface area contributed by atoms with Gasteiger partial charge in [-0.1, -0.05) is 18.2 Å². The van der Waals surface area contributed by atoms with Crippen LogP contribution in [-0.2, 0) is 21.3 Å². The van der Waals surface area contributed by atoms with Crippen LogP contribution >= 0.6 is 0 Å². The van der Waals surface area contributed by atoms with Crippen LogP contribution in [0, 0.1) is 11.6 Å². The summed E-state index contributed by atoms with van der Waals surface area (Å²) in [7, 11) is -3.89. The highest BCUT2D eigenvalue weighted by atomic mass is 32.2. The van der Waals surface area contributed by atoms with Gasteiger partial charge < -0.3 is 4.74 Å². The van der Waals surface area contributed by atoms with Gasteiger partial charge in [0.25, 0.3) is 0 Å². The molecule has 1 aliphatic rings. The molecule has 0 N–H and O–H groups in total. The van der Waals surface area contributed by atoms with E-state index in [0.717, 1.165) is 25.2 Å². The summed E-state index contributed by atoms with van der Waals surface area (Å²) < 4.78 is 60.0. The first-order valence-electron chi connectivity index (χ1n) is 8.76. The molecule has 1 fully saturated rings. The van der Waals surface area contributed by atoms with E-state index in [1.165, 1.54) is 22.5 Å². The molecule has 2 aromatic carbocycles. The Bertz CT molecular complexity index is 854. The van der Waals surface area contributed by atoms with E-state index in [4.69, 9.17) is 4.74 Å². The van der Waals surface area contributed by atoms with Gasteiger partial charge in [0.1, 0.15) is 11.6 Å². The summed E-state index contributed by atoms with van der Waals surface area (Å²) in [6.07, 6.45) is 0. The molecule has 0 saturated carbocycles. The van der Waals surface area contributed by atoms with Crippen LogP contribution in [0.15, 0.2) is 53.4 Å². The van der Waals surface area contributed by atoms with Crippen molar-refractivity contribution in [3.8, 4) is 0 Å². The fourth-order valence-electron chi connectivity index (χ4n) is 2.93. The zero-order chi connectivity index (χ0) is 19.3. The predicted molar refractivity (Wildman–Crippen MR) is 97.7 cm³/mol. The number of nitrogens with zero attached hydrogens (tertiary/aromatic N) is 2. The minimum absolute atomic E-state index is 0.0118. The van der Waals surface area contributed by atoms with Gasteiger partial charge >= 0.3 is 0 Å².